The Bertz CT molecular complexity index is 265. The van der Waals surface area contributed by atoms with Gasteiger partial charge >= 0.3 is 25.9 Å². The second-order valence-electron chi connectivity index (χ2n) is 3.99. The maximum atomic E-state index is 5.59. The van der Waals surface area contributed by atoms with Crippen LogP contribution in [-0.4, -0.2) is 47.3 Å². The van der Waals surface area contributed by atoms with Gasteiger partial charge < -0.3 is 13.3 Å². The molecule has 1 aliphatic rings. The van der Waals surface area contributed by atoms with Gasteiger partial charge in [-0.1, -0.05) is 0 Å². The van der Waals surface area contributed by atoms with E-state index in [2.05, 4.69) is 20.5 Å². The van der Waals surface area contributed by atoms with E-state index >= 15 is 0 Å². The summed E-state index contributed by atoms with van der Waals surface area (Å²) in [6, 6.07) is 0. The minimum Gasteiger partial charge on any atom is -0.396 e. The van der Waals surface area contributed by atoms with Gasteiger partial charge in [0.1, 0.15) is 0 Å². The Balaban J connectivity index is 3.04. The number of hydrogen-bond acceptors (Lipinski definition) is 6. The summed E-state index contributed by atoms with van der Waals surface area (Å²) in [5.41, 5.74) is 1.82. The standard InChI is InChI=1S/C7H21N3O3Si3/c1-7-16(13-4)9-14(5,11-2)8-15(6,10-16)12-3/h7-10H,1H2,2-6H3. The maximum Gasteiger partial charge on any atom is 0.370 e. The van der Waals surface area contributed by atoms with Gasteiger partial charge in [-0.25, -0.2) is 0 Å². The fraction of sp³-hybridized carbons (Fsp3) is 0.714. The molecule has 6 nitrogen and oxygen atoms in total. The fourth-order valence-electron chi connectivity index (χ4n) is 1.75. The molecular formula is C7H21N3O3Si3. The highest BCUT2D eigenvalue weighted by Gasteiger charge is 2.56. The molecule has 1 heterocycles. The summed E-state index contributed by atoms with van der Waals surface area (Å²) < 4.78 is 27.0. The quantitative estimate of drug-likeness (QED) is 0.604. The number of nitrogens with one attached hydrogen (secondary N) is 3. The van der Waals surface area contributed by atoms with E-state index in [1.54, 1.807) is 21.3 Å². The highest BCUT2D eigenvalue weighted by atomic mass is 28.5. The second-order valence-corrected chi connectivity index (χ2v) is 14.2. The molecule has 0 spiro atoms. The van der Waals surface area contributed by atoms with Crippen LogP contribution in [-0.2, 0) is 13.3 Å². The largest absolute Gasteiger partial charge is 0.396 e. The van der Waals surface area contributed by atoms with Gasteiger partial charge in [-0.2, -0.15) is 0 Å². The average molecular weight is 280 g/mol. The molecular weight excluding hydrogens is 258 g/mol. The Labute approximate surface area is 100 Å². The highest BCUT2D eigenvalue weighted by Crippen LogP contribution is 2.14. The summed E-state index contributed by atoms with van der Waals surface area (Å²) in [7, 11) is -1.71. The van der Waals surface area contributed by atoms with Gasteiger partial charge in [0, 0.05) is 21.3 Å². The molecule has 0 amide bonds. The Morgan fingerprint density at radius 2 is 1.31 bits per heavy atom. The molecule has 0 radical (unpaired) electrons. The van der Waals surface area contributed by atoms with Crippen molar-refractivity contribution < 1.29 is 13.3 Å². The molecule has 2 atom stereocenters. The third-order valence-electron chi connectivity index (χ3n) is 2.75. The molecule has 1 aliphatic heterocycles. The number of hydrogen-bond donors (Lipinski definition) is 3. The summed E-state index contributed by atoms with van der Waals surface area (Å²) in [6.07, 6.45) is 0. The summed E-state index contributed by atoms with van der Waals surface area (Å²) in [5, 5.41) is 0. The molecule has 1 fully saturated rings. The molecule has 9 heteroatoms. The first-order chi connectivity index (χ1) is 7.36. The van der Waals surface area contributed by atoms with Crippen LogP contribution in [0.25, 0.3) is 0 Å². The zero-order valence-corrected chi connectivity index (χ0v) is 13.5. The van der Waals surface area contributed by atoms with Crippen LogP contribution in [0.2, 0.25) is 13.1 Å². The van der Waals surface area contributed by atoms with E-state index < -0.39 is 25.9 Å². The molecule has 0 aromatic carbocycles. The van der Waals surface area contributed by atoms with E-state index in [1.165, 1.54) is 0 Å². The first-order valence-electron chi connectivity index (χ1n) is 5.03. The van der Waals surface area contributed by atoms with Crippen LogP contribution < -0.4 is 13.9 Å². The molecule has 2 unspecified atom stereocenters. The van der Waals surface area contributed by atoms with Crippen molar-refractivity contribution in [3.8, 4) is 0 Å². The molecule has 0 aromatic heterocycles. The molecule has 0 aromatic rings. The zero-order valence-electron chi connectivity index (χ0n) is 10.5. The zero-order chi connectivity index (χ0) is 12.4. The van der Waals surface area contributed by atoms with Crippen molar-refractivity contribution in [2.75, 3.05) is 21.3 Å². The van der Waals surface area contributed by atoms with E-state index in [0.29, 0.717) is 0 Å². The number of rotatable bonds is 4. The van der Waals surface area contributed by atoms with Gasteiger partial charge in [-0.15, -0.1) is 6.58 Å². The van der Waals surface area contributed by atoms with Crippen molar-refractivity contribution in [3.63, 3.8) is 0 Å². The third-order valence-corrected chi connectivity index (χ3v) is 16.2. The van der Waals surface area contributed by atoms with Crippen molar-refractivity contribution in [3.05, 3.63) is 12.3 Å². The summed E-state index contributed by atoms with van der Waals surface area (Å²) in [5.74, 6) is 0. The van der Waals surface area contributed by atoms with Gasteiger partial charge in [-0.05, 0) is 18.8 Å². The molecule has 0 saturated carbocycles. The van der Waals surface area contributed by atoms with E-state index in [1.807, 2.05) is 18.8 Å². The van der Waals surface area contributed by atoms with Gasteiger partial charge in [-0.3, -0.25) is 13.9 Å². The topological polar surface area (TPSA) is 63.8 Å². The van der Waals surface area contributed by atoms with Gasteiger partial charge in [0.15, 0.2) is 0 Å². The van der Waals surface area contributed by atoms with E-state index in [0.717, 1.165) is 0 Å². The molecule has 0 aliphatic carbocycles. The Kier molecular flexibility index (Phi) is 4.26. The van der Waals surface area contributed by atoms with Crippen LogP contribution in [0.4, 0.5) is 0 Å². The molecule has 3 N–H and O–H groups in total. The summed E-state index contributed by atoms with van der Waals surface area (Å²) >= 11 is 0. The fourth-order valence-corrected chi connectivity index (χ4v) is 16.9. The molecule has 1 saturated heterocycles. The monoisotopic (exact) mass is 279 g/mol. The van der Waals surface area contributed by atoms with Crippen LogP contribution in [0.15, 0.2) is 12.3 Å². The SMILES string of the molecule is C=C[Si]1(OC)N[Si](C)(OC)N[Si](C)(OC)N1. The Morgan fingerprint density at radius 1 is 0.875 bits per heavy atom. The van der Waals surface area contributed by atoms with Gasteiger partial charge in [0.25, 0.3) is 0 Å². The molecule has 1 rings (SSSR count). The van der Waals surface area contributed by atoms with Crippen molar-refractivity contribution in [2.45, 2.75) is 13.1 Å². The normalized spacial score (nSPS) is 44.3. The minimum atomic E-state index is -2.37. The predicted molar refractivity (Wildman–Crippen MR) is 69.6 cm³/mol. The van der Waals surface area contributed by atoms with Crippen LogP contribution in [0.5, 0.6) is 0 Å². The van der Waals surface area contributed by atoms with Crippen LogP contribution >= 0.6 is 0 Å². The van der Waals surface area contributed by atoms with E-state index in [9.17, 15) is 0 Å². The first-order valence-corrected chi connectivity index (χ1v) is 11.8. The van der Waals surface area contributed by atoms with Crippen molar-refractivity contribution in [2.24, 2.45) is 0 Å². The van der Waals surface area contributed by atoms with Crippen LogP contribution in [0, 0.1) is 0 Å². The summed E-state index contributed by atoms with van der Waals surface area (Å²) in [6.45, 7) is 7.93. The Morgan fingerprint density at radius 3 is 1.56 bits per heavy atom. The lowest BCUT2D eigenvalue weighted by molar-refractivity contribution is 0.327. The third kappa shape index (κ3) is 2.69. The maximum absolute atomic E-state index is 5.59. The molecule has 94 valence electrons. The van der Waals surface area contributed by atoms with Gasteiger partial charge in [0.2, 0.25) is 0 Å². The smallest absolute Gasteiger partial charge is 0.370 e. The van der Waals surface area contributed by atoms with Gasteiger partial charge in [0.05, 0.1) is 0 Å². The van der Waals surface area contributed by atoms with E-state index in [-0.39, 0.29) is 0 Å². The van der Waals surface area contributed by atoms with Crippen molar-refractivity contribution in [1.29, 1.82) is 0 Å². The van der Waals surface area contributed by atoms with Crippen molar-refractivity contribution in [1.82, 2.24) is 13.9 Å². The lowest BCUT2D eigenvalue weighted by Gasteiger charge is -2.48. The lowest BCUT2D eigenvalue weighted by Crippen LogP contribution is -2.92. The van der Waals surface area contributed by atoms with Crippen molar-refractivity contribution >= 4 is 25.9 Å². The first kappa shape index (κ1) is 14.2. The summed E-state index contributed by atoms with van der Waals surface area (Å²) in [4.78, 5) is 0. The average Bonchev–Trinajstić information content (AvgIpc) is 2.28. The highest BCUT2D eigenvalue weighted by molar-refractivity contribution is 7.02. The molecule has 16 heavy (non-hydrogen) atoms. The van der Waals surface area contributed by atoms with Crippen LogP contribution in [0.3, 0.4) is 0 Å². The predicted octanol–water partition coefficient (Wildman–Crippen LogP) is -0.490. The molecule has 0 bridgehead atoms. The van der Waals surface area contributed by atoms with E-state index in [4.69, 9.17) is 13.3 Å². The minimum absolute atomic E-state index is 1.67. The van der Waals surface area contributed by atoms with Crippen LogP contribution in [0.1, 0.15) is 0 Å². The Hall–Kier alpha value is 0.151. The second kappa shape index (κ2) is 4.80. The lowest BCUT2D eigenvalue weighted by atomic mass is 11.3.